The van der Waals surface area contributed by atoms with Crippen molar-refractivity contribution in [2.24, 2.45) is 0 Å². The minimum absolute atomic E-state index is 0.0899. The van der Waals surface area contributed by atoms with E-state index in [2.05, 4.69) is 38.1 Å². The molecule has 6 rings (SSSR count). The fourth-order valence-corrected chi connectivity index (χ4v) is 4.94. The van der Waals surface area contributed by atoms with Crippen molar-refractivity contribution in [1.29, 1.82) is 0 Å². The molecule has 1 atom stereocenters. The Hall–Kier alpha value is -3.69. The van der Waals surface area contributed by atoms with Crippen LogP contribution in [0.5, 0.6) is 0 Å². The first-order valence-electron chi connectivity index (χ1n) is 10.7. The Morgan fingerprint density at radius 1 is 1.09 bits per heavy atom. The first kappa shape index (κ1) is 20.9. The highest BCUT2D eigenvalue weighted by molar-refractivity contribution is 7.80. The number of benzene rings is 2. The Bertz CT molecular complexity index is 1570. The molecule has 8 nitrogen and oxygen atoms in total. The van der Waals surface area contributed by atoms with Gasteiger partial charge in [0.2, 0.25) is 0 Å². The second kappa shape index (κ2) is 8.27. The summed E-state index contributed by atoms with van der Waals surface area (Å²) in [5.41, 5.74) is 5.07. The van der Waals surface area contributed by atoms with E-state index in [4.69, 9.17) is 11.6 Å². The number of pyridine rings is 1. The number of imidazole rings is 1. The molecule has 1 N–H and O–H groups in total. The molecule has 5 aromatic rings. The topological polar surface area (TPSA) is 94.3 Å². The van der Waals surface area contributed by atoms with Gasteiger partial charge in [0.05, 0.1) is 23.6 Å². The Morgan fingerprint density at radius 2 is 2.00 bits per heavy atom. The summed E-state index contributed by atoms with van der Waals surface area (Å²) >= 11 is 10.7. The normalized spacial score (nSPS) is 14.9. The molecule has 10 heteroatoms. The van der Waals surface area contributed by atoms with Gasteiger partial charge in [-0.25, -0.2) is 4.98 Å². The number of aromatic nitrogens is 7. The molecule has 2 aromatic carbocycles. The molecule has 0 radical (unpaired) electrons. The van der Waals surface area contributed by atoms with E-state index in [1.807, 2.05) is 47.0 Å². The third kappa shape index (κ3) is 3.63. The number of fused-ring (bicyclic) bond motifs is 1. The summed E-state index contributed by atoms with van der Waals surface area (Å²) < 4.78 is 3.38. The molecule has 4 heterocycles. The van der Waals surface area contributed by atoms with Gasteiger partial charge in [0.25, 0.3) is 5.56 Å². The quantitative estimate of drug-likeness (QED) is 0.367. The standard InChI is InChI=1S/C24H18ClN7OS/c25-16-4-6-21(31-13-27-29-30-31)19(11-16)15-8-17-5-7-22(32(17)23(33)10-15)24-26-12-20(28-24)14-2-1-3-18(34)9-14/h1-4,6,8-13,22,34H,5,7H2,(H,26,28)/t22-/m0/s1. The summed E-state index contributed by atoms with van der Waals surface area (Å²) in [5.74, 6) is 0.769. The van der Waals surface area contributed by atoms with Crippen LogP contribution < -0.4 is 5.56 Å². The van der Waals surface area contributed by atoms with Gasteiger partial charge in [-0.2, -0.15) is 4.68 Å². The van der Waals surface area contributed by atoms with Crippen molar-refractivity contribution in [3.05, 3.63) is 94.0 Å². The molecule has 0 bridgehead atoms. The molecule has 0 fully saturated rings. The van der Waals surface area contributed by atoms with Gasteiger partial charge in [-0.1, -0.05) is 23.7 Å². The van der Waals surface area contributed by atoms with Crippen LogP contribution in [0.25, 0.3) is 28.1 Å². The molecule has 0 amide bonds. The van der Waals surface area contributed by atoms with Crippen LogP contribution in [0, 0.1) is 0 Å². The zero-order valence-corrected chi connectivity index (χ0v) is 19.4. The average molecular weight is 488 g/mol. The van der Waals surface area contributed by atoms with E-state index in [1.54, 1.807) is 23.0 Å². The second-order valence-corrected chi connectivity index (χ2v) is 9.10. The first-order valence-corrected chi connectivity index (χ1v) is 11.5. The van der Waals surface area contributed by atoms with Crippen molar-refractivity contribution < 1.29 is 0 Å². The van der Waals surface area contributed by atoms with Gasteiger partial charge in [0, 0.05) is 32.8 Å². The smallest absolute Gasteiger partial charge is 0.252 e. The largest absolute Gasteiger partial charge is 0.340 e. The van der Waals surface area contributed by atoms with E-state index in [-0.39, 0.29) is 11.6 Å². The van der Waals surface area contributed by atoms with Crippen molar-refractivity contribution >= 4 is 24.2 Å². The number of hydrogen-bond donors (Lipinski definition) is 2. The molecule has 0 aliphatic carbocycles. The maximum atomic E-state index is 13.3. The maximum Gasteiger partial charge on any atom is 0.252 e. The number of nitrogens with zero attached hydrogens (tertiary/aromatic N) is 6. The summed E-state index contributed by atoms with van der Waals surface area (Å²) in [6.45, 7) is 0. The van der Waals surface area contributed by atoms with Crippen LogP contribution in [0.15, 0.2) is 76.8 Å². The van der Waals surface area contributed by atoms with Crippen molar-refractivity contribution in [2.45, 2.75) is 23.8 Å². The highest BCUT2D eigenvalue weighted by Gasteiger charge is 2.28. The Labute approximate surface area is 204 Å². The summed E-state index contributed by atoms with van der Waals surface area (Å²) in [7, 11) is 0. The van der Waals surface area contributed by atoms with Crippen molar-refractivity contribution in [3.63, 3.8) is 0 Å². The minimum atomic E-state index is -0.150. The van der Waals surface area contributed by atoms with Gasteiger partial charge in [-0.15, -0.1) is 17.7 Å². The number of nitrogens with one attached hydrogen (secondary N) is 1. The second-order valence-electron chi connectivity index (χ2n) is 8.15. The van der Waals surface area contributed by atoms with Gasteiger partial charge in [0.15, 0.2) is 0 Å². The summed E-state index contributed by atoms with van der Waals surface area (Å²) in [5, 5.41) is 12.0. The van der Waals surface area contributed by atoms with Gasteiger partial charge in [-0.05, 0) is 65.2 Å². The molecule has 1 aliphatic rings. The van der Waals surface area contributed by atoms with Crippen molar-refractivity contribution in [2.75, 3.05) is 0 Å². The van der Waals surface area contributed by atoms with Crippen LogP contribution >= 0.6 is 24.2 Å². The van der Waals surface area contributed by atoms with Gasteiger partial charge in [0.1, 0.15) is 12.2 Å². The van der Waals surface area contributed by atoms with Crippen LogP contribution in [0.1, 0.15) is 24.0 Å². The number of H-pyrrole nitrogens is 1. The van der Waals surface area contributed by atoms with Crippen molar-refractivity contribution in [1.82, 2.24) is 34.7 Å². The molecular weight excluding hydrogens is 470 g/mol. The molecule has 0 saturated heterocycles. The average Bonchev–Trinajstić information content (AvgIpc) is 3.59. The zero-order valence-electron chi connectivity index (χ0n) is 17.8. The predicted octanol–water partition coefficient (Wildman–Crippen LogP) is 4.36. The fraction of sp³-hybridized carbons (Fsp3) is 0.125. The van der Waals surface area contributed by atoms with E-state index < -0.39 is 0 Å². The third-order valence-electron chi connectivity index (χ3n) is 6.07. The number of tetrazole rings is 1. The molecule has 34 heavy (non-hydrogen) atoms. The summed E-state index contributed by atoms with van der Waals surface area (Å²) in [4.78, 5) is 22.2. The number of hydrogen-bond acceptors (Lipinski definition) is 6. The molecule has 1 aliphatic heterocycles. The lowest BCUT2D eigenvalue weighted by atomic mass is 10.0. The van der Waals surface area contributed by atoms with Crippen LogP contribution in [0.2, 0.25) is 5.02 Å². The Kier molecular flexibility index (Phi) is 5.08. The minimum Gasteiger partial charge on any atom is -0.340 e. The van der Waals surface area contributed by atoms with E-state index >= 15 is 0 Å². The first-order chi connectivity index (χ1) is 16.6. The van der Waals surface area contributed by atoms with E-state index in [0.717, 1.165) is 57.3 Å². The van der Waals surface area contributed by atoms with Gasteiger partial charge >= 0.3 is 0 Å². The third-order valence-corrected chi connectivity index (χ3v) is 6.58. The zero-order chi connectivity index (χ0) is 23.2. The van der Waals surface area contributed by atoms with Gasteiger partial charge in [-0.3, -0.25) is 4.79 Å². The molecule has 168 valence electrons. The number of aromatic amines is 1. The number of halogens is 1. The van der Waals surface area contributed by atoms with E-state index in [1.165, 1.54) is 6.33 Å². The van der Waals surface area contributed by atoms with Crippen molar-refractivity contribution in [3.8, 4) is 28.1 Å². The SMILES string of the molecule is O=c1cc(-c2cc(Cl)ccc2-n2cnnn2)cc2n1[C@H](c1ncc(-c3cccc(S)c3)[nH]1)CC2. The number of aryl methyl sites for hydroxylation is 1. The van der Waals surface area contributed by atoms with Crippen LogP contribution in [0.4, 0.5) is 0 Å². The maximum absolute atomic E-state index is 13.3. The lowest BCUT2D eigenvalue weighted by Crippen LogP contribution is -2.23. The number of thiol groups is 1. The molecule has 0 unspecified atom stereocenters. The summed E-state index contributed by atoms with van der Waals surface area (Å²) in [6.07, 6.45) is 4.87. The molecule has 3 aromatic heterocycles. The highest BCUT2D eigenvalue weighted by Crippen LogP contribution is 2.34. The summed E-state index contributed by atoms with van der Waals surface area (Å²) in [6, 6.07) is 16.8. The molecule has 0 saturated carbocycles. The van der Waals surface area contributed by atoms with Crippen LogP contribution in [-0.2, 0) is 6.42 Å². The fourth-order valence-electron chi connectivity index (χ4n) is 4.55. The Morgan fingerprint density at radius 3 is 2.82 bits per heavy atom. The van der Waals surface area contributed by atoms with Gasteiger partial charge < -0.3 is 9.55 Å². The molecular formula is C24H18ClN7OS. The van der Waals surface area contributed by atoms with E-state index in [0.29, 0.717) is 5.02 Å². The molecule has 0 spiro atoms. The highest BCUT2D eigenvalue weighted by atomic mass is 35.5. The lowest BCUT2D eigenvalue weighted by molar-refractivity contribution is 0.572. The number of rotatable bonds is 4. The predicted molar refractivity (Wildman–Crippen MR) is 132 cm³/mol. The van der Waals surface area contributed by atoms with Crippen LogP contribution in [-0.4, -0.2) is 34.7 Å². The monoisotopic (exact) mass is 487 g/mol. The van der Waals surface area contributed by atoms with Crippen LogP contribution in [0.3, 0.4) is 0 Å². The lowest BCUT2D eigenvalue weighted by Gasteiger charge is -2.15. The Balaban J connectivity index is 1.39. The van der Waals surface area contributed by atoms with E-state index in [9.17, 15) is 4.79 Å².